The van der Waals surface area contributed by atoms with Gasteiger partial charge in [0.1, 0.15) is 5.01 Å². The van der Waals surface area contributed by atoms with Gasteiger partial charge in [-0.25, -0.2) is 18.1 Å². The Morgan fingerprint density at radius 1 is 1.33 bits per heavy atom. The highest BCUT2D eigenvalue weighted by Gasteiger charge is 2.19. The first kappa shape index (κ1) is 16.4. The predicted molar refractivity (Wildman–Crippen MR) is 85.1 cm³/mol. The van der Waals surface area contributed by atoms with E-state index in [1.165, 1.54) is 17.4 Å². The van der Waals surface area contributed by atoms with Crippen LogP contribution < -0.4 is 10.0 Å². The molecule has 0 spiro atoms. The van der Waals surface area contributed by atoms with Crippen LogP contribution in [0.3, 0.4) is 0 Å². The van der Waals surface area contributed by atoms with E-state index in [2.05, 4.69) is 15.0 Å². The maximum absolute atomic E-state index is 12.4. The Hall–Kier alpha value is -0.990. The van der Waals surface area contributed by atoms with Crippen LogP contribution in [0.15, 0.2) is 28.6 Å². The van der Waals surface area contributed by atoms with E-state index in [0.29, 0.717) is 22.1 Å². The zero-order valence-electron chi connectivity index (χ0n) is 11.7. The van der Waals surface area contributed by atoms with Crippen LogP contribution in [0.4, 0.5) is 0 Å². The molecule has 0 atom stereocenters. The van der Waals surface area contributed by atoms with Crippen molar-refractivity contribution < 1.29 is 8.42 Å². The maximum Gasteiger partial charge on any atom is 0.241 e. The minimum atomic E-state index is -3.63. The van der Waals surface area contributed by atoms with Crippen LogP contribution in [-0.4, -0.2) is 20.4 Å². The maximum atomic E-state index is 12.4. The first-order valence-electron chi connectivity index (χ1n) is 6.25. The lowest BCUT2D eigenvalue weighted by Gasteiger charge is -2.13. The Labute approximate surface area is 133 Å². The van der Waals surface area contributed by atoms with Crippen molar-refractivity contribution in [3.8, 4) is 0 Å². The Balaban J connectivity index is 2.30. The molecule has 0 aliphatic heterocycles. The highest BCUT2D eigenvalue weighted by molar-refractivity contribution is 7.89. The fourth-order valence-corrected chi connectivity index (χ4v) is 4.19. The van der Waals surface area contributed by atoms with E-state index < -0.39 is 10.0 Å². The molecule has 0 fully saturated rings. The molecule has 0 aliphatic carbocycles. The summed E-state index contributed by atoms with van der Waals surface area (Å²) in [5.74, 6) is 0. The Bertz CT molecular complexity index is 715. The molecule has 5 nitrogen and oxygen atoms in total. The van der Waals surface area contributed by atoms with E-state index in [0.717, 1.165) is 5.56 Å². The zero-order chi connectivity index (χ0) is 15.5. The summed E-state index contributed by atoms with van der Waals surface area (Å²) >= 11 is 7.44. The van der Waals surface area contributed by atoms with Crippen molar-refractivity contribution in [3.63, 3.8) is 0 Å². The van der Waals surface area contributed by atoms with Gasteiger partial charge in [-0.3, -0.25) is 0 Å². The fourth-order valence-electron chi connectivity index (χ4n) is 1.94. The Morgan fingerprint density at radius 2 is 2.10 bits per heavy atom. The number of thiazole rings is 1. The first-order valence-corrected chi connectivity index (χ1v) is 9.00. The van der Waals surface area contributed by atoms with Crippen LogP contribution >= 0.6 is 22.9 Å². The minimum Gasteiger partial charge on any atom is -0.316 e. The molecule has 0 unspecified atom stereocenters. The first-order chi connectivity index (χ1) is 9.94. The van der Waals surface area contributed by atoms with Gasteiger partial charge in [-0.05, 0) is 37.2 Å². The molecule has 21 heavy (non-hydrogen) atoms. The average molecular weight is 346 g/mol. The molecule has 1 heterocycles. The molecule has 2 aromatic rings. The number of sulfonamides is 1. The van der Waals surface area contributed by atoms with E-state index >= 15 is 0 Å². The van der Waals surface area contributed by atoms with Crippen molar-refractivity contribution in [2.24, 2.45) is 0 Å². The fraction of sp³-hybridized carbons (Fsp3) is 0.308. The molecule has 8 heteroatoms. The summed E-state index contributed by atoms with van der Waals surface area (Å²) in [7, 11) is -1.83. The Morgan fingerprint density at radius 3 is 2.71 bits per heavy atom. The standard InChI is InChI=1S/C13H16ClN3O2S2/c1-9-10(7-15-2)5-11(14)6-12(9)21(18,19)17-8-13-16-3-4-20-13/h3-6,15,17H,7-8H2,1-2H3. The number of aromatic nitrogens is 1. The van der Waals surface area contributed by atoms with Gasteiger partial charge in [0, 0.05) is 23.1 Å². The van der Waals surface area contributed by atoms with Gasteiger partial charge in [-0.2, -0.15) is 0 Å². The second kappa shape index (κ2) is 6.85. The van der Waals surface area contributed by atoms with Gasteiger partial charge in [0.15, 0.2) is 0 Å². The highest BCUT2D eigenvalue weighted by Crippen LogP contribution is 2.24. The van der Waals surface area contributed by atoms with E-state index in [4.69, 9.17) is 11.6 Å². The van der Waals surface area contributed by atoms with Crippen molar-refractivity contribution in [1.82, 2.24) is 15.0 Å². The monoisotopic (exact) mass is 345 g/mol. The third kappa shape index (κ3) is 4.02. The van der Waals surface area contributed by atoms with E-state index in [-0.39, 0.29) is 11.4 Å². The quantitative estimate of drug-likeness (QED) is 0.842. The number of hydrogen-bond donors (Lipinski definition) is 2. The molecular formula is C13H16ClN3O2S2. The molecule has 114 valence electrons. The van der Waals surface area contributed by atoms with Gasteiger partial charge in [0.05, 0.1) is 11.4 Å². The molecule has 1 aromatic carbocycles. The molecule has 0 saturated heterocycles. The van der Waals surface area contributed by atoms with Crippen LogP contribution in [0.5, 0.6) is 0 Å². The third-order valence-electron chi connectivity index (χ3n) is 2.99. The van der Waals surface area contributed by atoms with Crippen LogP contribution in [-0.2, 0) is 23.1 Å². The topological polar surface area (TPSA) is 71.1 Å². The number of rotatable bonds is 6. The lowest BCUT2D eigenvalue weighted by Crippen LogP contribution is -2.24. The lowest BCUT2D eigenvalue weighted by atomic mass is 10.1. The summed E-state index contributed by atoms with van der Waals surface area (Å²) in [5.41, 5.74) is 1.56. The van der Waals surface area contributed by atoms with Crippen LogP contribution in [0.1, 0.15) is 16.1 Å². The van der Waals surface area contributed by atoms with Crippen molar-refractivity contribution in [2.75, 3.05) is 7.05 Å². The minimum absolute atomic E-state index is 0.174. The van der Waals surface area contributed by atoms with E-state index in [9.17, 15) is 8.42 Å². The second-order valence-electron chi connectivity index (χ2n) is 4.47. The molecule has 0 amide bonds. The van der Waals surface area contributed by atoms with E-state index in [1.54, 1.807) is 31.6 Å². The normalized spacial score (nSPS) is 11.8. The van der Waals surface area contributed by atoms with Gasteiger partial charge >= 0.3 is 0 Å². The molecule has 0 radical (unpaired) electrons. The summed E-state index contributed by atoms with van der Waals surface area (Å²) < 4.78 is 27.4. The van der Waals surface area contributed by atoms with Crippen molar-refractivity contribution in [1.29, 1.82) is 0 Å². The lowest BCUT2D eigenvalue weighted by molar-refractivity contribution is 0.580. The molecule has 2 N–H and O–H groups in total. The largest absolute Gasteiger partial charge is 0.316 e. The Kier molecular flexibility index (Phi) is 5.34. The summed E-state index contributed by atoms with van der Waals surface area (Å²) in [6.07, 6.45) is 1.64. The van der Waals surface area contributed by atoms with Crippen LogP contribution in [0.2, 0.25) is 5.02 Å². The molecule has 0 bridgehead atoms. The number of nitrogens with one attached hydrogen (secondary N) is 2. The molecule has 1 aromatic heterocycles. The van der Waals surface area contributed by atoms with Crippen molar-refractivity contribution in [3.05, 3.63) is 44.9 Å². The van der Waals surface area contributed by atoms with Crippen molar-refractivity contribution in [2.45, 2.75) is 24.9 Å². The van der Waals surface area contributed by atoms with Gasteiger partial charge in [-0.15, -0.1) is 11.3 Å². The third-order valence-corrected chi connectivity index (χ3v) is 5.51. The smallest absolute Gasteiger partial charge is 0.241 e. The van der Waals surface area contributed by atoms with Gasteiger partial charge < -0.3 is 5.32 Å². The van der Waals surface area contributed by atoms with Gasteiger partial charge in [0.2, 0.25) is 10.0 Å². The van der Waals surface area contributed by atoms with Crippen molar-refractivity contribution >= 4 is 33.0 Å². The molecular weight excluding hydrogens is 330 g/mol. The van der Waals surface area contributed by atoms with Crippen LogP contribution in [0, 0.1) is 6.92 Å². The SMILES string of the molecule is CNCc1cc(Cl)cc(S(=O)(=O)NCc2nccs2)c1C. The van der Waals surface area contributed by atoms with E-state index in [1.807, 2.05) is 0 Å². The highest BCUT2D eigenvalue weighted by atomic mass is 35.5. The zero-order valence-corrected chi connectivity index (χ0v) is 14.1. The van der Waals surface area contributed by atoms with Crippen LogP contribution in [0.25, 0.3) is 0 Å². The summed E-state index contributed by atoms with van der Waals surface area (Å²) in [4.78, 5) is 4.26. The number of hydrogen-bond acceptors (Lipinski definition) is 5. The number of benzene rings is 1. The summed E-state index contributed by atoms with van der Waals surface area (Å²) in [6, 6.07) is 3.24. The average Bonchev–Trinajstić information content (AvgIpc) is 2.94. The molecule has 2 rings (SSSR count). The molecule has 0 saturated carbocycles. The number of nitrogens with zero attached hydrogens (tertiary/aromatic N) is 1. The second-order valence-corrected chi connectivity index (χ2v) is 7.62. The van der Waals surface area contributed by atoms with Gasteiger partial charge in [0.25, 0.3) is 0 Å². The predicted octanol–water partition coefficient (Wildman–Crippen LogP) is 2.30. The molecule has 0 aliphatic rings. The summed E-state index contributed by atoms with van der Waals surface area (Å²) in [6.45, 7) is 2.51. The number of halogens is 1. The van der Waals surface area contributed by atoms with Gasteiger partial charge in [-0.1, -0.05) is 11.6 Å². The summed E-state index contributed by atoms with van der Waals surface area (Å²) in [5, 5.41) is 5.93.